The van der Waals surface area contributed by atoms with E-state index in [-0.39, 0.29) is 12.1 Å². The van der Waals surface area contributed by atoms with Crippen LogP contribution in [0.1, 0.15) is 59.3 Å². The normalized spacial score (nSPS) is 29.6. The molecule has 1 atom stereocenters. The largest absolute Gasteiger partial charge is 0.444 e. The van der Waals surface area contributed by atoms with E-state index in [1.807, 2.05) is 20.8 Å². The summed E-state index contributed by atoms with van der Waals surface area (Å²) in [6.45, 7) is 7.58. The monoisotopic (exact) mass is 298 g/mol. The van der Waals surface area contributed by atoms with E-state index in [1.165, 1.54) is 19.3 Å². The molecule has 2 N–H and O–H groups in total. The minimum Gasteiger partial charge on any atom is -0.444 e. The maximum atomic E-state index is 11.6. The van der Waals surface area contributed by atoms with Crippen LogP contribution in [0.3, 0.4) is 0 Å². The van der Waals surface area contributed by atoms with Gasteiger partial charge in [0.15, 0.2) is 0 Å². The molecule has 1 saturated carbocycles. The average Bonchev–Trinajstić information content (AvgIpc) is 2.34. The summed E-state index contributed by atoms with van der Waals surface area (Å²) in [7, 11) is 0. The van der Waals surface area contributed by atoms with Gasteiger partial charge < -0.3 is 20.1 Å². The predicted molar refractivity (Wildman–Crippen MR) is 82.4 cm³/mol. The van der Waals surface area contributed by atoms with Gasteiger partial charge >= 0.3 is 6.09 Å². The van der Waals surface area contributed by atoms with Crippen LogP contribution in [-0.2, 0) is 9.47 Å². The third-order valence-electron chi connectivity index (χ3n) is 4.03. The summed E-state index contributed by atoms with van der Waals surface area (Å²) in [6.07, 6.45) is 6.94. The molecule has 5 nitrogen and oxygen atoms in total. The van der Waals surface area contributed by atoms with Crippen molar-refractivity contribution in [3.63, 3.8) is 0 Å². The molecule has 1 saturated heterocycles. The van der Waals surface area contributed by atoms with Crippen molar-refractivity contribution < 1.29 is 14.3 Å². The molecule has 1 unspecified atom stereocenters. The lowest BCUT2D eigenvalue weighted by Crippen LogP contribution is -2.53. The second kappa shape index (κ2) is 7.45. The van der Waals surface area contributed by atoms with E-state index < -0.39 is 5.60 Å². The molecule has 5 heteroatoms. The van der Waals surface area contributed by atoms with E-state index in [2.05, 4.69) is 10.6 Å². The number of rotatable bonds is 5. The fourth-order valence-corrected chi connectivity index (χ4v) is 2.86. The quantitative estimate of drug-likeness (QED) is 0.819. The zero-order chi connectivity index (χ0) is 15.3. The number of carbonyl (C=O) groups is 1. The molecule has 1 aliphatic carbocycles. The summed E-state index contributed by atoms with van der Waals surface area (Å²) in [5, 5.41) is 6.46. The van der Waals surface area contributed by atoms with Gasteiger partial charge in [0.2, 0.25) is 0 Å². The van der Waals surface area contributed by atoms with E-state index in [1.54, 1.807) is 0 Å². The van der Waals surface area contributed by atoms with Crippen LogP contribution in [0, 0.1) is 0 Å². The lowest BCUT2D eigenvalue weighted by molar-refractivity contribution is 0.0105. The van der Waals surface area contributed by atoms with Gasteiger partial charge in [-0.3, -0.25) is 0 Å². The Labute approximate surface area is 128 Å². The highest BCUT2D eigenvalue weighted by Crippen LogP contribution is 2.21. The van der Waals surface area contributed by atoms with Crippen molar-refractivity contribution in [2.45, 2.75) is 83.1 Å². The molecule has 0 bridgehead atoms. The Morgan fingerprint density at radius 2 is 2.00 bits per heavy atom. The van der Waals surface area contributed by atoms with E-state index in [0.29, 0.717) is 12.1 Å². The number of carbonyl (C=O) groups excluding carboxylic acids is 1. The third kappa shape index (κ3) is 6.22. The molecular weight excluding hydrogens is 268 g/mol. The minimum absolute atomic E-state index is 0.253. The van der Waals surface area contributed by atoms with E-state index >= 15 is 0 Å². The van der Waals surface area contributed by atoms with Crippen LogP contribution in [0.15, 0.2) is 0 Å². The lowest BCUT2D eigenvalue weighted by atomic mass is 9.86. The molecule has 2 fully saturated rings. The number of nitrogens with one attached hydrogen (secondary N) is 2. The summed E-state index contributed by atoms with van der Waals surface area (Å²) in [5.74, 6) is 0. The fourth-order valence-electron chi connectivity index (χ4n) is 2.86. The SMILES string of the molecule is CC(C)(C)OC(=O)NC1CC(NCCC2CCCCO2)C1. The van der Waals surface area contributed by atoms with Crippen molar-refractivity contribution in [2.24, 2.45) is 0 Å². The molecule has 1 heterocycles. The van der Waals surface area contributed by atoms with Crippen molar-refractivity contribution >= 4 is 6.09 Å². The smallest absolute Gasteiger partial charge is 0.407 e. The number of ether oxygens (including phenoxy) is 2. The molecule has 1 amide bonds. The zero-order valence-corrected chi connectivity index (χ0v) is 13.6. The summed E-state index contributed by atoms with van der Waals surface area (Å²) in [4.78, 5) is 11.6. The van der Waals surface area contributed by atoms with Gasteiger partial charge in [-0.25, -0.2) is 4.79 Å². The maximum Gasteiger partial charge on any atom is 0.407 e. The van der Waals surface area contributed by atoms with E-state index in [4.69, 9.17) is 9.47 Å². The second-order valence-electron chi connectivity index (χ2n) is 7.24. The molecule has 2 aliphatic rings. The fraction of sp³-hybridized carbons (Fsp3) is 0.938. The summed E-state index contributed by atoms with van der Waals surface area (Å²) < 4.78 is 11.0. The number of alkyl carbamates (subject to hydrolysis) is 1. The Kier molecular flexibility index (Phi) is 5.88. The lowest BCUT2D eigenvalue weighted by Gasteiger charge is -2.37. The second-order valence-corrected chi connectivity index (χ2v) is 7.24. The predicted octanol–water partition coefficient (Wildman–Crippen LogP) is 2.59. The first-order valence-electron chi connectivity index (χ1n) is 8.27. The van der Waals surface area contributed by atoms with Crippen molar-refractivity contribution in [2.75, 3.05) is 13.2 Å². The zero-order valence-electron chi connectivity index (χ0n) is 13.6. The van der Waals surface area contributed by atoms with Crippen LogP contribution in [0.4, 0.5) is 4.79 Å². The molecule has 0 aromatic heterocycles. The standard InChI is InChI=1S/C16H30N2O3/c1-16(2,3)21-15(19)18-13-10-12(11-13)17-8-7-14-6-4-5-9-20-14/h12-14,17H,4-11H2,1-3H3,(H,18,19). The first-order valence-corrected chi connectivity index (χ1v) is 8.27. The van der Waals surface area contributed by atoms with E-state index in [0.717, 1.165) is 32.4 Å². The molecule has 0 spiro atoms. The van der Waals surface area contributed by atoms with Crippen molar-refractivity contribution in [3.05, 3.63) is 0 Å². The number of amides is 1. The Morgan fingerprint density at radius 3 is 2.62 bits per heavy atom. The van der Waals surface area contributed by atoms with Crippen LogP contribution >= 0.6 is 0 Å². The maximum absolute atomic E-state index is 11.6. The summed E-state index contributed by atoms with van der Waals surface area (Å²) in [5.41, 5.74) is -0.425. The van der Waals surface area contributed by atoms with Crippen LogP contribution < -0.4 is 10.6 Å². The minimum atomic E-state index is -0.425. The molecule has 21 heavy (non-hydrogen) atoms. The van der Waals surface area contributed by atoms with Crippen LogP contribution in [0.5, 0.6) is 0 Å². The summed E-state index contributed by atoms with van der Waals surface area (Å²) >= 11 is 0. The Balaban J connectivity index is 1.50. The molecule has 0 aromatic rings. The van der Waals surface area contributed by atoms with Gasteiger partial charge in [-0.2, -0.15) is 0 Å². The highest BCUT2D eigenvalue weighted by molar-refractivity contribution is 5.68. The van der Waals surface area contributed by atoms with E-state index in [9.17, 15) is 4.79 Å². The van der Waals surface area contributed by atoms with Crippen molar-refractivity contribution in [3.8, 4) is 0 Å². The number of hydrogen-bond donors (Lipinski definition) is 2. The third-order valence-corrected chi connectivity index (χ3v) is 4.03. The molecule has 1 aliphatic heterocycles. The van der Waals surface area contributed by atoms with Gasteiger partial charge in [-0.15, -0.1) is 0 Å². The first kappa shape index (κ1) is 16.6. The Hall–Kier alpha value is -0.810. The van der Waals surface area contributed by atoms with Gasteiger partial charge in [-0.05, 0) is 65.8 Å². The van der Waals surface area contributed by atoms with Gasteiger partial charge in [0.1, 0.15) is 5.60 Å². The van der Waals surface area contributed by atoms with Crippen molar-refractivity contribution in [1.82, 2.24) is 10.6 Å². The highest BCUT2D eigenvalue weighted by atomic mass is 16.6. The van der Waals surface area contributed by atoms with Crippen molar-refractivity contribution in [1.29, 1.82) is 0 Å². The van der Waals surface area contributed by atoms with Gasteiger partial charge in [0, 0.05) is 18.7 Å². The number of hydrogen-bond acceptors (Lipinski definition) is 4. The van der Waals surface area contributed by atoms with Crippen LogP contribution in [-0.4, -0.2) is 43.0 Å². The van der Waals surface area contributed by atoms with Crippen LogP contribution in [0.2, 0.25) is 0 Å². The van der Waals surface area contributed by atoms with Gasteiger partial charge in [-0.1, -0.05) is 0 Å². The van der Waals surface area contributed by atoms with Gasteiger partial charge in [0.25, 0.3) is 0 Å². The molecule has 0 aromatic carbocycles. The molecule has 122 valence electrons. The van der Waals surface area contributed by atoms with Crippen LogP contribution in [0.25, 0.3) is 0 Å². The Morgan fingerprint density at radius 1 is 1.24 bits per heavy atom. The van der Waals surface area contributed by atoms with Gasteiger partial charge in [0.05, 0.1) is 6.10 Å². The Bertz CT molecular complexity index is 329. The molecule has 0 radical (unpaired) electrons. The summed E-state index contributed by atoms with van der Waals surface area (Å²) in [6, 6.07) is 0.775. The highest BCUT2D eigenvalue weighted by Gasteiger charge is 2.31. The molecular formula is C16H30N2O3. The average molecular weight is 298 g/mol. The topological polar surface area (TPSA) is 59.6 Å². The molecule has 2 rings (SSSR count). The first-order chi connectivity index (χ1) is 9.92.